The molecule has 0 saturated carbocycles. The van der Waals surface area contributed by atoms with Crippen LogP contribution in [0, 0.1) is 6.92 Å². The quantitative estimate of drug-likeness (QED) is 0.550. The number of halogens is 1. The van der Waals surface area contributed by atoms with Gasteiger partial charge in [0.1, 0.15) is 0 Å². The molecule has 5 heteroatoms. The smallest absolute Gasteiger partial charge is 0.207 e. The van der Waals surface area contributed by atoms with Gasteiger partial charge in [-0.1, -0.05) is 54.1 Å². The first kappa shape index (κ1) is 18.7. The number of nitrogens with one attached hydrogen (secondary N) is 1. The van der Waals surface area contributed by atoms with Gasteiger partial charge in [-0.3, -0.25) is 0 Å². The SMILES string of the molecule is C=CCC[C@H](NS(=O)(=O)c1ccc(C)cc1)[C@H](Cl)c1ccccc1. The molecule has 3 nitrogen and oxygen atoms in total. The van der Waals surface area contributed by atoms with E-state index in [2.05, 4.69) is 11.3 Å². The van der Waals surface area contributed by atoms with Crippen LogP contribution in [0.4, 0.5) is 0 Å². The molecule has 0 saturated heterocycles. The zero-order chi connectivity index (χ0) is 17.6. The number of sulfonamides is 1. The van der Waals surface area contributed by atoms with E-state index in [0.717, 1.165) is 11.1 Å². The van der Waals surface area contributed by atoms with Crippen LogP contribution in [-0.4, -0.2) is 14.5 Å². The molecular weight excluding hydrogens is 342 g/mol. The van der Waals surface area contributed by atoms with Crippen molar-refractivity contribution in [1.29, 1.82) is 0 Å². The Morgan fingerprint density at radius 1 is 1.12 bits per heavy atom. The van der Waals surface area contributed by atoms with Crippen LogP contribution in [0.25, 0.3) is 0 Å². The summed E-state index contributed by atoms with van der Waals surface area (Å²) in [5, 5.41) is -0.452. The summed E-state index contributed by atoms with van der Waals surface area (Å²) in [5.41, 5.74) is 1.90. The molecule has 0 bridgehead atoms. The highest BCUT2D eigenvalue weighted by atomic mass is 35.5. The van der Waals surface area contributed by atoms with E-state index in [-0.39, 0.29) is 4.90 Å². The highest BCUT2D eigenvalue weighted by Gasteiger charge is 2.26. The van der Waals surface area contributed by atoms with Crippen molar-refractivity contribution in [2.45, 2.75) is 36.1 Å². The van der Waals surface area contributed by atoms with Gasteiger partial charge in [0.05, 0.1) is 10.3 Å². The standard InChI is InChI=1S/C19H22ClNO2S/c1-3-4-10-18(19(20)16-8-6-5-7-9-16)21-24(22,23)17-13-11-15(2)12-14-17/h3,5-9,11-14,18-19,21H,1,4,10H2,2H3/t18-,19+/m0/s1. The molecule has 0 aliphatic rings. The Kier molecular flexibility index (Phi) is 6.60. The number of hydrogen-bond acceptors (Lipinski definition) is 2. The van der Waals surface area contributed by atoms with E-state index in [1.165, 1.54) is 0 Å². The number of alkyl halides is 1. The van der Waals surface area contributed by atoms with E-state index in [0.29, 0.717) is 12.8 Å². The van der Waals surface area contributed by atoms with Crippen LogP contribution < -0.4 is 4.72 Å². The first-order chi connectivity index (χ1) is 11.4. The van der Waals surface area contributed by atoms with E-state index >= 15 is 0 Å². The summed E-state index contributed by atoms with van der Waals surface area (Å²) in [5.74, 6) is 0. The van der Waals surface area contributed by atoms with E-state index < -0.39 is 21.4 Å². The van der Waals surface area contributed by atoms with Gasteiger partial charge < -0.3 is 0 Å². The molecule has 0 unspecified atom stereocenters. The molecule has 24 heavy (non-hydrogen) atoms. The number of rotatable bonds is 8. The number of aryl methyl sites for hydroxylation is 1. The van der Waals surface area contributed by atoms with E-state index in [1.807, 2.05) is 37.3 Å². The summed E-state index contributed by atoms with van der Waals surface area (Å²) in [6.07, 6.45) is 3.02. The van der Waals surface area contributed by atoms with Gasteiger partial charge in [0.25, 0.3) is 0 Å². The Labute approximate surface area is 149 Å². The monoisotopic (exact) mass is 363 g/mol. The second-order valence-corrected chi connectivity index (χ2v) is 7.90. The molecule has 1 N–H and O–H groups in total. The average molecular weight is 364 g/mol. The summed E-state index contributed by atoms with van der Waals surface area (Å²) >= 11 is 6.57. The largest absolute Gasteiger partial charge is 0.240 e. The number of benzene rings is 2. The molecule has 0 spiro atoms. The second kappa shape index (κ2) is 8.47. The first-order valence-electron chi connectivity index (χ1n) is 7.83. The molecule has 0 fully saturated rings. The molecule has 0 amide bonds. The highest BCUT2D eigenvalue weighted by Crippen LogP contribution is 2.28. The predicted molar refractivity (Wildman–Crippen MR) is 99.8 cm³/mol. The lowest BCUT2D eigenvalue weighted by Gasteiger charge is -2.23. The molecule has 128 valence electrons. The van der Waals surface area contributed by atoms with E-state index in [9.17, 15) is 8.42 Å². The van der Waals surface area contributed by atoms with Gasteiger partial charge >= 0.3 is 0 Å². The van der Waals surface area contributed by atoms with Gasteiger partial charge in [-0.2, -0.15) is 0 Å². The molecule has 0 aliphatic carbocycles. The van der Waals surface area contributed by atoms with Crippen molar-refractivity contribution < 1.29 is 8.42 Å². The van der Waals surface area contributed by atoms with Crippen LogP contribution in [0.15, 0.2) is 72.1 Å². The summed E-state index contributed by atoms with van der Waals surface area (Å²) in [4.78, 5) is 0.244. The third kappa shape index (κ3) is 4.94. The van der Waals surface area contributed by atoms with Crippen molar-refractivity contribution in [2.24, 2.45) is 0 Å². The predicted octanol–water partition coefficient (Wildman–Crippen LogP) is 4.59. The van der Waals surface area contributed by atoms with Crippen LogP contribution in [0.5, 0.6) is 0 Å². The number of allylic oxidation sites excluding steroid dienone is 1. The molecule has 2 aromatic carbocycles. The number of hydrogen-bond donors (Lipinski definition) is 1. The Balaban J connectivity index is 2.24. The van der Waals surface area contributed by atoms with E-state index in [4.69, 9.17) is 11.6 Å². The topological polar surface area (TPSA) is 46.2 Å². The van der Waals surface area contributed by atoms with Crippen molar-refractivity contribution >= 4 is 21.6 Å². The van der Waals surface area contributed by atoms with Crippen molar-refractivity contribution in [3.05, 3.63) is 78.4 Å². The highest BCUT2D eigenvalue weighted by molar-refractivity contribution is 7.89. The minimum atomic E-state index is -3.63. The second-order valence-electron chi connectivity index (χ2n) is 5.72. The molecule has 0 aliphatic heterocycles. The van der Waals surface area contributed by atoms with Crippen molar-refractivity contribution in [3.63, 3.8) is 0 Å². The Morgan fingerprint density at radius 2 is 1.75 bits per heavy atom. The van der Waals surface area contributed by atoms with Gasteiger partial charge in [0.2, 0.25) is 10.0 Å². The molecule has 2 atom stereocenters. The molecule has 0 heterocycles. The Hall–Kier alpha value is -1.62. The summed E-state index contributed by atoms with van der Waals surface area (Å²) < 4.78 is 28.1. The first-order valence-corrected chi connectivity index (χ1v) is 9.75. The van der Waals surface area contributed by atoms with Crippen LogP contribution in [-0.2, 0) is 10.0 Å². The third-order valence-electron chi connectivity index (χ3n) is 3.79. The normalized spacial score (nSPS) is 14.1. The van der Waals surface area contributed by atoms with Crippen LogP contribution in [0.2, 0.25) is 0 Å². The van der Waals surface area contributed by atoms with Gasteiger partial charge in [0, 0.05) is 6.04 Å². The zero-order valence-electron chi connectivity index (χ0n) is 13.7. The minimum Gasteiger partial charge on any atom is -0.207 e. The third-order valence-corrected chi connectivity index (χ3v) is 5.85. The molecule has 0 aromatic heterocycles. The molecule has 0 radical (unpaired) electrons. The minimum absolute atomic E-state index is 0.244. The maximum atomic E-state index is 12.7. The maximum absolute atomic E-state index is 12.7. The van der Waals surface area contributed by atoms with Crippen LogP contribution >= 0.6 is 11.6 Å². The zero-order valence-corrected chi connectivity index (χ0v) is 15.2. The molecule has 2 aromatic rings. The van der Waals surface area contributed by atoms with Gasteiger partial charge in [-0.05, 0) is 37.5 Å². The van der Waals surface area contributed by atoms with Gasteiger partial charge in [-0.25, -0.2) is 13.1 Å². The van der Waals surface area contributed by atoms with Gasteiger partial charge in [-0.15, -0.1) is 18.2 Å². The summed E-state index contributed by atoms with van der Waals surface area (Å²) in [7, 11) is -3.63. The summed E-state index contributed by atoms with van der Waals surface area (Å²) in [6, 6.07) is 15.8. The lowest BCUT2D eigenvalue weighted by atomic mass is 10.0. The Bertz CT molecular complexity index is 758. The molecule has 2 rings (SSSR count). The summed E-state index contributed by atoms with van der Waals surface area (Å²) in [6.45, 7) is 5.63. The van der Waals surface area contributed by atoms with Crippen LogP contribution in [0.3, 0.4) is 0 Å². The van der Waals surface area contributed by atoms with Crippen molar-refractivity contribution in [3.8, 4) is 0 Å². The van der Waals surface area contributed by atoms with Crippen molar-refractivity contribution in [1.82, 2.24) is 4.72 Å². The molecular formula is C19H22ClNO2S. The lowest BCUT2D eigenvalue weighted by molar-refractivity contribution is 0.519. The van der Waals surface area contributed by atoms with Gasteiger partial charge in [0.15, 0.2) is 0 Å². The fourth-order valence-electron chi connectivity index (χ4n) is 2.42. The van der Waals surface area contributed by atoms with Crippen molar-refractivity contribution in [2.75, 3.05) is 0 Å². The average Bonchev–Trinajstić information content (AvgIpc) is 2.59. The Morgan fingerprint density at radius 3 is 2.33 bits per heavy atom. The maximum Gasteiger partial charge on any atom is 0.240 e. The van der Waals surface area contributed by atoms with Crippen LogP contribution in [0.1, 0.15) is 29.3 Å². The lowest BCUT2D eigenvalue weighted by Crippen LogP contribution is -2.37. The van der Waals surface area contributed by atoms with E-state index in [1.54, 1.807) is 30.3 Å². The fourth-order valence-corrected chi connectivity index (χ4v) is 4.11. The fraction of sp³-hybridized carbons (Fsp3) is 0.263.